The molecule has 0 spiro atoms. The summed E-state index contributed by atoms with van der Waals surface area (Å²) in [6.07, 6.45) is 7.04. The van der Waals surface area contributed by atoms with Crippen LogP contribution in [-0.4, -0.2) is 60.0 Å². The maximum Gasteiger partial charge on any atom is 0.255 e. The lowest BCUT2D eigenvalue weighted by molar-refractivity contribution is 0.0643. The van der Waals surface area contributed by atoms with Crippen LogP contribution in [0.3, 0.4) is 0 Å². The predicted molar refractivity (Wildman–Crippen MR) is 90.3 cm³/mol. The first-order valence-corrected chi connectivity index (χ1v) is 8.45. The van der Waals surface area contributed by atoms with Gasteiger partial charge < -0.3 is 15.1 Å². The number of likely N-dealkylation sites (N-methyl/N-ethyl adjacent to an activating group) is 1. The summed E-state index contributed by atoms with van der Waals surface area (Å²) in [5.41, 5.74) is 1.62. The number of aromatic nitrogens is 1. The fourth-order valence-electron chi connectivity index (χ4n) is 2.71. The average Bonchev–Trinajstić information content (AvgIpc) is 2.58. The molecular weight excluding hydrogens is 276 g/mol. The van der Waals surface area contributed by atoms with Crippen LogP contribution < -0.4 is 5.32 Å². The highest BCUT2D eigenvalue weighted by atomic mass is 16.2. The molecule has 122 valence electrons. The Kier molecular flexibility index (Phi) is 6.65. The number of hydrogen-bond acceptors (Lipinski definition) is 4. The highest BCUT2D eigenvalue weighted by Gasteiger charge is 2.21. The molecule has 2 heterocycles. The number of rotatable bonds is 7. The van der Waals surface area contributed by atoms with Gasteiger partial charge in [0.1, 0.15) is 0 Å². The molecule has 0 atom stereocenters. The molecule has 0 aromatic carbocycles. The van der Waals surface area contributed by atoms with E-state index in [1.54, 1.807) is 12.4 Å². The lowest BCUT2D eigenvalue weighted by Gasteiger charge is -2.34. The molecule has 0 bridgehead atoms. The second-order valence-corrected chi connectivity index (χ2v) is 5.82. The quantitative estimate of drug-likeness (QED) is 0.786. The Morgan fingerprint density at radius 1 is 1.18 bits per heavy atom. The molecule has 1 N–H and O–H groups in total. The number of hydrogen-bond donors (Lipinski definition) is 1. The number of piperazine rings is 1. The number of unbranched alkanes of at least 4 members (excludes halogenated alkanes) is 2. The maximum absolute atomic E-state index is 12.6. The van der Waals surface area contributed by atoms with Gasteiger partial charge in [-0.3, -0.25) is 9.78 Å². The number of carbonyl (C=O) groups excluding carboxylic acids is 1. The van der Waals surface area contributed by atoms with E-state index in [0.29, 0.717) is 5.56 Å². The molecule has 0 aliphatic carbocycles. The SMILES string of the molecule is CCCCCNc1cncc(C(=O)N2CCN(CC)CC2)c1. The Bertz CT molecular complexity index is 469. The minimum Gasteiger partial charge on any atom is -0.384 e. The lowest BCUT2D eigenvalue weighted by Crippen LogP contribution is -2.48. The van der Waals surface area contributed by atoms with Crippen molar-refractivity contribution in [3.8, 4) is 0 Å². The molecule has 0 unspecified atom stereocenters. The summed E-state index contributed by atoms with van der Waals surface area (Å²) in [6.45, 7) is 9.88. The van der Waals surface area contributed by atoms with Crippen LogP contribution in [-0.2, 0) is 0 Å². The Morgan fingerprint density at radius 3 is 2.64 bits per heavy atom. The van der Waals surface area contributed by atoms with E-state index in [4.69, 9.17) is 0 Å². The first-order valence-electron chi connectivity index (χ1n) is 8.45. The van der Waals surface area contributed by atoms with Crippen LogP contribution in [0, 0.1) is 0 Å². The van der Waals surface area contributed by atoms with Gasteiger partial charge in [0.25, 0.3) is 5.91 Å². The Morgan fingerprint density at radius 2 is 1.95 bits per heavy atom. The number of amides is 1. The summed E-state index contributed by atoms with van der Waals surface area (Å²) in [7, 11) is 0. The van der Waals surface area contributed by atoms with Crippen molar-refractivity contribution in [3.63, 3.8) is 0 Å². The summed E-state index contributed by atoms with van der Waals surface area (Å²) in [5, 5.41) is 3.35. The van der Waals surface area contributed by atoms with E-state index in [1.807, 2.05) is 11.0 Å². The zero-order valence-corrected chi connectivity index (χ0v) is 13.8. The van der Waals surface area contributed by atoms with Crippen LogP contribution in [0.25, 0.3) is 0 Å². The van der Waals surface area contributed by atoms with Crippen LogP contribution in [0.2, 0.25) is 0 Å². The van der Waals surface area contributed by atoms with Crippen molar-refractivity contribution in [1.29, 1.82) is 0 Å². The van der Waals surface area contributed by atoms with E-state index in [-0.39, 0.29) is 5.91 Å². The Hall–Kier alpha value is -1.62. The molecule has 1 saturated heterocycles. The van der Waals surface area contributed by atoms with Crippen LogP contribution >= 0.6 is 0 Å². The van der Waals surface area contributed by atoms with E-state index in [1.165, 1.54) is 12.8 Å². The van der Waals surface area contributed by atoms with E-state index >= 15 is 0 Å². The molecule has 1 amide bonds. The predicted octanol–water partition coefficient (Wildman–Crippen LogP) is 2.46. The molecule has 5 nitrogen and oxygen atoms in total. The van der Waals surface area contributed by atoms with E-state index in [2.05, 4.69) is 29.0 Å². The van der Waals surface area contributed by atoms with E-state index < -0.39 is 0 Å². The monoisotopic (exact) mass is 304 g/mol. The molecule has 1 aromatic heterocycles. The lowest BCUT2D eigenvalue weighted by atomic mass is 10.2. The number of carbonyl (C=O) groups is 1. The number of anilines is 1. The fourth-order valence-corrected chi connectivity index (χ4v) is 2.71. The topological polar surface area (TPSA) is 48.5 Å². The molecule has 1 aliphatic heterocycles. The third-order valence-electron chi connectivity index (χ3n) is 4.20. The van der Waals surface area contributed by atoms with Gasteiger partial charge in [0.2, 0.25) is 0 Å². The second kappa shape index (κ2) is 8.73. The minimum atomic E-state index is 0.0976. The number of nitrogens with one attached hydrogen (secondary N) is 1. The third-order valence-corrected chi connectivity index (χ3v) is 4.20. The molecule has 22 heavy (non-hydrogen) atoms. The summed E-state index contributed by atoms with van der Waals surface area (Å²) >= 11 is 0. The summed E-state index contributed by atoms with van der Waals surface area (Å²) in [6, 6.07) is 1.92. The van der Waals surface area contributed by atoms with Crippen molar-refractivity contribution >= 4 is 11.6 Å². The van der Waals surface area contributed by atoms with Gasteiger partial charge in [-0.15, -0.1) is 0 Å². The Balaban J connectivity index is 1.90. The van der Waals surface area contributed by atoms with Crippen molar-refractivity contribution in [2.45, 2.75) is 33.1 Å². The molecule has 2 rings (SSSR count). The summed E-state index contributed by atoms with van der Waals surface area (Å²) in [5.74, 6) is 0.0976. The number of nitrogens with zero attached hydrogens (tertiary/aromatic N) is 3. The van der Waals surface area contributed by atoms with Gasteiger partial charge in [-0.2, -0.15) is 0 Å². The van der Waals surface area contributed by atoms with Gasteiger partial charge in [-0.25, -0.2) is 0 Å². The van der Waals surface area contributed by atoms with Gasteiger partial charge in [0.05, 0.1) is 11.3 Å². The molecule has 0 radical (unpaired) electrons. The van der Waals surface area contributed by atoms with Gasteiger partial charge in [-0.05, 0) is 19.0 Å². The van der Waals surface area contributed by atoms with Crippen LogP contribution in [0.1, 0.15) is 43.5 Å². The molecule has 0 saturated carbocycles. The van der Waals surface area contributed by atoms with Crippen molar-refractivity contribution in [3.05, 3.63) is 24.0 Å². The van der Waals surface area contributed by atoms with Crippen LogP contribution in [0.5, 0.6) is 0 Å². The van der Waals surface area contributed by atoms with Crippen LogP contribution in [0.4, 0.5) is 5.69 Å². The van der Waals surface area contributed by atoms with Crippen molar-refractivity contribution in [2.75, 3.05) is 44.6 Å². The van der Waals surface area contributed by atoms with Crippen molar-refractivity contribution < 1.29 is 4.79 Å². The zero-order valence-electron chi connectivity index (χ0n) is 13.8. The normalized spacial score (nSPS) is 15.8. The van der Waals surface area contributed by atoms with Crippen molar-refractivity contribution in [2.24, 2.45) is 0 Å². The van der Waals surface area contributed by atoms with Gasteiger partial charge in [0.15, 0.2) is 0 Å². The fraction of sp³-hybridized carbons (Fsp3) is 0.647. The first kappa shape index (κ1) is 16.7. The van der Waals surface area contributed by atoms with Crippen molar-refractivity contribution in [1.82, 2.24) is 14.8 Å². The second-order valence-electron chi connectivity index (χ2n) is 5.82. The molecular formula is C17H28N4O. The van der Waals surface area contributed by atoms with E-state index in [9.17, 15) is 4.79 Å². The summed E-state index contributed by atoms with van der Waals surface area (Å²) < 4.78 is 0. The summed E-state index contributed by atoms with van der Waals surface area (Å²) in [4.78, 5) is 21.1. The average molecular weight is 304 g/mol. The highest BCUT2D eigenvalue weighted by molar-refractivity contribution is 5.94. The first-order chi connectivity index (χ1) is 10.7. The van der Waals surface area contributed by atoms with Gasteiger partial charge >= 0.3 is 0 Å². The zero-order chi connectivity index (χ0) is 15.8. The molecule has 1 aliphatic rings. The third kappa shape index (κ3) is 4.70. The van der Waals surface area contributed by atoms with E-state index in [0.717, 1.165) is 51.4 Å². The minimum absolute atomic E-state index is 0.0976. The largest absolute Gasteiger partial charge is 0.384 e. The Labute approximate surface area is 133 Å². The standard InChI is InChI=1S/C17H28N4O/c1-3-5-6-7-19-16-12-15(13-18-14-16)17(22)21-10-8-20(4-2)9-11-21/h12-14,19H,3-11H2,1-2H3. The highest BCUT2D eigenvalue weighted by Crippen LogP contribution is 2.13. The molecule has 1 aromatic rings. The van der Waals surface area contributed by atoms with Crippen LogP contribution in [0.15, 0.2) is 18.5 Å². The molecule has 1 fully saturated rings. The maximum atomic E-state index is 12.6. The van der Waals surface area contributed by atoms with Gasteiger partial charge in [-0.1, -0.05) is 26.7 Å². The molecule has 5 heteroatoms. The number of pyridine rings is 1. The smallest absolute Gasteiger partial charge is 0.255 e. The van der Waals surface area contributed by atoms with Gasteiger partial charge in [0, 0.05) is 45.1 Å².